The molecule has 1 aliphatic heterocycles. The Morgan fingerprint density at radius 2 is 2.30 bits per heavy atom. The van der Waals surface area contributed by atoms with E-state index in [9.17, 15) is 9.59 Å². The minimum absolute atomic E-state index is 0.0732. The zero-order valence-corrected chi connectivity index (χ0v) is 12.6. The Kier molecular flexibility index (Phi) is 4.60. The molecule has 1 aromatic rings. The normalized spacial score (nSPS) is 18.9. The van der Waals surface area contributed by atoms with Crippen LogP contribution in [-0.2, 0) is 4.79 Å². The topological polar surface area (TPSA) is 57.6 Å². The number of carbonyl (C=O) groups excluding carboxylic acids is 1. The Hall–Kier alpha value is -1.62. The molecule has 20 heavy (non-hydrogen) atoms. The number of aliphatic carboxylic acids is 1. The molecule has 5 heteroatoms. The van der Waals surface area contributed by atoms with Crippen LogP contribution < -0.4 is 0 Å². The van der Waals surface area contributed by atoms with E-state index in [1.807, 2.05) is 17.9 Å². The van der Waals surface area contributed by atoms with Crippen LogP contribution in [0.25, 0.3) is 6.08 Å². The molecule has 1 amide bonds. The van der Waals surface area contributed by atoms with Gasteiger partial charge in [-0.3, -0.25) is 4.79 Å². The van der Waals surface area contributed by atoms with E-state index in [0.29, 0.717) is 10.8 Å². The molecule has 1 unspecified atom stereocenters. The number of carboxylic acid groups (broad SMARTS) is 1. The van der Waals surface area contributed by atoms with Crippen molar-refractivity contribution in [2.24, 2.45) is 5.92 Å². The zero-order valence-electron chi connectivity index (χ0n) is 11.8. The highest BCUT2D eigenvalue weighted by atomic mass is 32.1. The molecule has 2 heterocycles. The van der Waals surface area contributed by atoms with Crippen molar-refractivity contribution in [2.45, 2.75) is 26.7 Å². The second-order valence-corrected chi connectivity index (χ2v) is 6.23. The maximum atomic E-state index is 12.4. The zero-order chi connectivity index (χ0) is 14.7. The average Bonchev–Trinajstić information content (AvgIpc) is 3.02. The van der Waals surface area contributed by atoms with Crippen molar-refractivity contribution in [3.63, 3.8) is 0 Å². The molecule has 108 valence electrons. The van der Waals surface area contributed by atoms with Gasteiger partial charge in [-0.1, -0.05) is 13.3 Å². The minimum Gasteiger partial charge on any atom is -0.478 e. The van der Waals surface area contributed by atoms with Gasteiger partial charge in [0.15, 0.2) is 0 Å². The summed E-state index contributed by atoms with van der Waals surface area (Å²) in [6.07, 6.45) is 4.85. The van der Waals surface area contributed by atoms with Crippen molar-refractivity contribution in [3.05, 3.63) is 27.5 Å². The maximum Gasteiger partial charge on any atom is 0.328 e. The van der Waals surface area contributed by atoms with Crippen LogP contribution in [0.5, 0.6) is 0 Å². The fourth-order valence-corrected chi connectivity index (χ4v) is 3.47. The number of aryl methyl sites for hydroxylation is 1. The van der Waals surface area contributed by atoms with Gasteiger partial charge in [-0.2, -0.15) is 0 Å². The Morgan fingerprint density at radius 3 is 2.90 bits per heavy atom. The lowest BCUT2D eigenvalue weighted by molar-refractivity contribution is -0.131. The first-order chi connectivity index (χ1) is 9.51. The predicted octanol–water partition coefficient (Wildman–Crippen LogP) is 3.03. The summed E-state index contributed by atoms with van der Waals surface area (Å²) in [6, 6.07) is 1.85. The second-order valence-electron chi connectivity index (χ2n) is 5.14. The van der Waals surface area contributed by atoms with Gasteiger partial charge in [-0.15, -0.1) is 11.3 Å². The minimum atomic E-state index is -0.976. The van der Waals surface area contributed by atoms with Gasteiger partial charge in [-0.25, -0.2) is 4.79 Å². The van der Waals surface area contributed by atoms with Crippen LogP contribution in [-0.4, -0.2) is 35.0 Å². The van der Waals surface area contributed by atoms with Crippen molar-refractivity contribution in [1.29, 1.82) is 0 Å². The summed E-state index contributed by atoms with van der Waals surface area (Å²) >= 11 is 1.36. The summed E-state index contributed by atoms with van der Waals surface area (Å²) in [5.74, 6) is -0.286. The van der Waals surface area contributed by atoms with Gasteiger partial charge in [0, 0.05) is 24.0 Å². The molecule has 0 saturated carbocycles. The van der Waals surface area contributed by atoms with E-state index in [1.54, 1.807) is 6.08 Å². The summed E-state index contributed by atoms with van der Waals surface area (Å²) in [6.45, 7) is 5.72. The lowest BCUT2D eigenvalue weighted by Crippen LogP contribution is -2.27. The highest BCUT2D eigenvalue weighted by Gasteiger charge is 2.26. The van der Waals surface area contributed by atoms with E-state index in [-0.39, 0.29) is 5.91 Å². The Bertz CT molecular complexity index is 547. The van der Waals surface area contributed by atoms with Gasteiger partial charge in [0.1, 0.15) is 0 Å². The summed E-state index contributed by atoms with van der Waals surface area (Å²) in [4.78, 5) is 26.4. The summed E-state index contributed by atoms with van der Waals surface area (Å²) in [7, 11) is 0. The van der Waals surface area contributed by atoms with Crippen molar-refractivity contribution < 1.29 is 14.7 Å². The molecule has 0 spiro atoms. The number of carbonyl (C=O) groups is 2. The highest BCUT2D eigenvalue weighted by Crippen LogP contribution is 2.27. The van der Waals surface area contributed by atoms with E-state index >= 15 is 0 Å². The maximum absolute atomic E-state index is 12.4. The third-order valence-corrected chi connectivity index (χ3v) is 4.89. The fraction of sp³-hybridized carbons (Fsp3) is 0.467. The number of amides is 1. The number of hydrogen-bond acceptors (Lipinski definition) is 3. The molecule has 0 bridgehead atoms. The van der Waals surface area contributed by atoms with E-state index in [1.165, 1.54) is 11.3 Å². The van der Waals surface area contributed by atoms with Crippen LogP contribution in [0.15, 0.2) is 12.1 Å². The molecule has 1 saturated heterocycles. The molecule has 1 fully saturated rings. The first-order valence-corrected chi connectivity index (χ1v) is 7.63. The van der Waals surface area contributed by atoms with Crippen LogP contribution in [0.1, 0.15) is 39.9 Å². The number of carboxylic acids is 1. The van der Waals surface area contributed by atoms with Crippen LogP contribution in [0.2, 0.25) is 0 Å². The molecule has 1 aromatic heterocycles. The summed E-state index contributed by atoms with van der Waals surface area (Å²) < 4.78 is 0. The summed E-state index contributed by atoms with van der Waals surface area (Å²) in [5, 5.41) is 8.65. The largest absolute Gasteiger partial charge is 0.478 e. The number of thiophene rings is 1. The Labute approximate surface area is 122 Å². The van der Waals surface area contributed by atoms with Crippen LogP contribution in [0, 0.1) is 12.8 Å². The van der Waals surface area contributed by atoms with Gasteiger partial charge < -0.3 is 10.0 Å². The van der Waals surface area contributed by atoms with Crippen LogP contribution >= 0.6 is 11.3 Å². The molecule has 1 aliphatic rings. The number of rotatable bonds is 4. The fourth-order valence-electron chi connectivity index (χ4n) is 2.42. The van der Waals surface area contributed by atoms with Crippen molar-refractivity contribution in [2.75, 3.05) is 13.1 Å². The van der Waals surface area contributed by atoms with Gasteiger partial charge in [0.25, 0.3) is 5.91 Å². The molecule has 0 aliphatic carbocycles. The van der Waals surface area contributed by atoms with E-state index < -0.39 is 5.97 Å². The first-order valence-electron chi connectivity index (χ1n) is 6.82. The average molecular weight is 293 g/mol. The predicted molar refractivity (Wildman–Crippen MR) is 80.0 cm³/mol. The quantitative estimate of drug-likeness (QED) is 0.868. The molecule has 4 nitrogen and oxygen atoms in total. The Balaban J connectivity index is 2.11. The molecule has 2 rings (SSSR count). The van der Waals surface area contributed by atoms with E-state index in [4.69, 9.17) is 5.11 Å². The van der Waals surface area contributed by atoms with E-state index in [2.05, 4.69) is 6.92 Å². The lowest BCUT2D eigenvalue weighted by atomic mass is 10.1. The number of likely N-dealkylation sites (tertiary alicyclic amines) is 1. The van der Waals surface area contributed by atoms with Gasteiger partial charge >= 0.3 is 5.97 Å². The molecular formula is C15H19NO3S. The number of nitrogens with zero attached hydrogens (tertiary/aromatic N) is 1. The smallest absolute Gasteiger partial charge is 0.328 e. The highest BCUT2D eigenvalue weighted by molar-refractivity contribution is 7.15. The molecular weight excluding hydrogens is 274 g/mol. The standard InChI is InChI=1S/C15H19NO3S/c1-3-11-6-7-16(9-11)15(19)13-8-10(2)12(20-13)4-5-14(17)18/h4-5,8,11H,3,6-7,9H2,1-2H3,(H,17,18)/b5-4+. The molecule has 1 atom stereocenters. The molecule has 0 aromatic carbocycles. The third-order valence-electron chi connectivity index (χ3n) is 3.69. The monoisotopic (exact) mass is 293 g/mol. The van der Waals surface area contributed by atoms with Crippen molar-refractivity contribution in [3.8, 4) is 0 Å². The van der Waals surface area contributed by atoms with Gasteiger partial charge in [0.05, 0.1) is 4.88 Å². The summed E-state index contributed by atoms with van der Waals surface area (Å²) in [5.41, 5.74) is 0.946. The van der Waals surface area contributed by atoms with Crippen molar-refractivity contribution >= 4 is 29.3 Å². The Morgan fingerprint density at radius 1 is 1.55 bits per heavy atom. The lowest BCUT2D eigenvalue weighted by Gasteiger charge is -2.14. The van der Waals surface area contributed by atoms with Crippen LogP contribution in [0.3, 0.4) is 0 Å². The molecule has 0 radical (unpaired) electrons. The number of hydrogen-bond donors (Lipinski definition) is 1. The van der Waals surface area contributed by atoms with Crippen LogP contribution in [0.4, 0.5) is 0 Å². The second kappa shape index (κ2) is 6.22. The van der Waals surface area contributed by atoms with Gasteiger partial charge in [-0.05, 0) is 37.0 Å². The van der Waals surface area contributed by atoms with Crippen molar-refractivity contribution in [1.82, 2.24) is 4.90 Å². The first kappa shape index (κ1) is 14.8. The molecule has 1 N–H and O–H groups in total. The third kappa shape index (κ3) is 3.28. The SMILES string of the molecule is CCC1CCN(C(=O)c2cc(C)c(/C=C/C(=O)O)s2)C1. The van der Waals surface area contributed by atoms with E-state index in [0.717, 1.165) is 42.4 Å². The van der Waals surface area contributed by atoms with Gasteiger partial charge in [0.2, 0.25) is 0 Å².